The summed E-state index contributed by atoms with van der Waals surface area (Å²) in [6.45, 7) is 3.41. The van der Waals surface area contributed by atoms with Crippen molar-refractivity contribution in [3.8, 4) is 0 Å². The molecule has 1 aliphatic rings. The number of nitrogens with zero attached hydrogens (tertiary/aromatic N) is 2. The van der Waals surface area contributed by atoms with Crippen LogP contribution in [0.15, 0.2) is 46.9 Å². The van der Waals surface area contributed by atoms with Crippen LogP contribution in [0.25, 0.3) is 21.9 Å². The van der Waals surface area contributed by atoms with Crippen molar-refractivity contribution in [2.45, 2.75) is 25.4 Å². The van der Waals surface area contributed by atoms with Gasteiger partial charge in [0.05, 0.1) is 0 Å². The molecule has 0 radical (unpaired) electrons. The van der Waals surface area contributed by atoms with Gasteiger partial charge in [-0.1, -0.05) is 24.3 Å². The van der Waals surface area contributed by atoms with E-state index in [1.807, 2.05) is 12.1 Å². The molecule has 0 atom stereocenters. The molecule has 23 heavy (non-hydrogen) atoms. The van der Waals surface area contributed by atoms with Crippen LogP contribution in [-0.2, 0) is 6.54 Å². The molecule has 1 saturated heterocycles. The van der Waals surface area contributed by atoms with E-state index in [-0.39, 0.29) is 0 Å². The summed E-state index contributed by atoms with van der Waals surface area (Å²) in [6, 6.07) is 15.7. The van der Waals surface area contributed by atoms with Crippen LogP contribution in [0, 0.1) is 0 Å². The van der Waals surface area contributed by atoms with Crippen molar-refractivity contribution in [1.29, 1.82) is 0 Å². The van der Waals surface area contributed by atoms with Gasteiger partial charge in [0.1, 0.15) is 11.2 Å². The van der Waals surface area contributed by atoms with Gasteiger partial charge >= 0.3 is 0 Å². The predicted molar refractivity (Wildman–Crippen MR) is 95.7 cm³/mol. The van der Waals surface area contributed by atoms with Gasteiger partial charge in [-0.2, -0.15) is 0 Å². The molecule has 3 aromatic rings. The summed E-state index contributed by atoms with van der Waals surface area (Å²) in [7, 11) is 4.39. The van der Waals surface area contributed by atoms with Crippen LogP contribution >= 0.6 is 0 Å². The van der Waals surface area contributed by atoms with Gasteiger partial charge in [0.15, 0.2) is 0 Å². The van der Waals surface area contributed by atoms with Crippen LogP contribution in [0.2, 0.25) is 0 Å². The van der Waals surface area contributed by atoms with Crippen molar-refractivity contribution < 1.29 is 4.42 Å². The molecule has 2 heterocycles. The first-order valence-electron chi connectivity index (χ1n) is 8.49. The minimum Gasteiger partial charge on any atom is -0.456 e. The average molecular weight is 308 g/mol. The van der Waals surface area contributed by atoms with Gasteiger partial charge in [-0.15, -0.1) is 0 Å². The summed E-state index contributed by atoms with van der Waals surface area (Å²) < 4.78 is 5.92. The van der Waals surface area contributed by atoms with Gasteiger partial charge in [0.2, 0.25) is 0 Å². The molecule has 0 saturated carbocycles. The van der Waals surface area contributed by atoms with Gasteiger partial charge in [-0.05, 0) is 63.8 Å². The van der Waals surface area contributed by atoms with Crippen molar-refractivity contribution in [3.63, 3.8) is 0 Å². The maximum Gasteiger partial charge on any atom is 0.135 e. The molecule has 0 bridgehead atoms. The SMILES string of the molecule is CN(C)C1CCN(Cc2ccc3oc4ccccc4c3c2)CC1. The lowest BCUT2D eigenvalue weighted by Gasteiger charge is -2.35. The minimum absolute atomic E-state index is 0.742. The molecule has 0 spiro atoms. The number of furan rings is 1. The number of rotatable bonds is 3. The molecule has 0 unspecified atom stereocenters. The van der Waals surface area contributed by atoms with E-state index in [1.165, 1.54) is 42.3 Å². The Morgan fingerprint density at radius 1 is 1.00 bits per heavy atom. The third kappa shape index (κ3) is 2.87. The molecule has 1 fully saturated rings. The number of likely N-dealkylation sites (tertiary alicyclic amines) is 1. The topological polar surface area (TPSA) is 19.6 Å². The monoisotopic (exact) mass is 308 g/mol. The summed E-state index contributed by atoms with van der Waals surface area (Å²) in [5, 5.41) is 2.46. The van der Waals surface area contributed by atoms with Crippen LogP contribution in [-0.4, -0.2) is 43.0 Å². The summed E-state index contributed by atoms with van der Waals surface area (Å²) in [6.07, 6.45) is 2.54. The van der Waals surface area contributed by atoms with Gasteiger partial charge < -0.3 is 9.32 Å². The second-order valence-corrected chi connectivity index (χ2v) is 6.90. The summed E-state index contributed by atoms with van der Waals surface area (Å²) in [4.78, 5) is 4.93. The third-order valence-electron chi connectivity index (χ3n) is 5.13. The smallest absolute Gasteiger partial charge is 0.135 e. The van der Waals surface area contributed by atoms with Crippen LogP contribution in [0.5, 0.6) is 0 Å². The Hall–Kier alpha value is -1.84. The Morgan fingerprint density at radius 3 is 2.52 bits per heavy atom. The van der Waals surface area contributed by atoms with Crippen LogP contribution in [0.4, 0.5) is 0 Å². The molecule has 3 heteroatoms. The van der Waals surface area contributed by atoms with E-state index in [4.69, 9.17) is 4.42 Å². The fourth-order valence-electron chi connectivity index (χ4n) is 3.72. The van der Waals surface area contributed by atoms with Crippen molar-refractivity contribution in [1.82, 2.24) is 9.80 Å². The fraction of sp³-hybridized carbons (Fsp3) is 0.400. The van der Waals surface area contributed by atoms with Crippen molar-refractivity contribution in [2.75, 3.05) is 27.2 Å². The number of para-hydroxylation sites is 1. The van der Waals surface area contributed by atoms with Gasteiger partial charge in [-0.3, -0.25) is 4.90 Å². The standard InChI is InChI=1S/C20H24N2O/c1-21(2)16-9-11-22(12-10-16)14-15-7-8-20-18(13-15)17-5-3-4-6-19(17)23-20/h3-8,13,16H,9-12,14H2,1-2H3. The first-order valence-corrected chi connectivity index (χ1v) is 8.49. The summed E-state index contributed by atoms with van der Waals surface area (Å²) >= 11 is 0. The Bertz CT molecular complexity index is 813. The molecular weight excluding hydrogens is 284 g/mol. The number of hydrogen-bond donors (Lipinski definition) is 0. The molecule has 1 aliphatic heterocycles. The zero-order valence-corrected chi connectivity index (χ0v) is 14.0. The highest BCUT2D eigenvalue weighted by atomic mass is 16.3. The average Bonchev–Trinajstić information content (AvgIpc) is 2.93. The number of benzene rings is 2. The second-order valence-electron chi connectivity index (χ2n) is 6.90. The first kappa shape index (κ1) is 14.7. The molecule has 2 aromatic carbocycles. The maximum absolute atomic E-state index is 5.92. The Labute approximate surface area is 137 Å². The minimum atomic E-state index is 0.742. The normalized spacial score (nSPS) is 17.5. The molecule has 0 amide bonds. The third-order valence-corrected chi connectivity index (χ3v) is 5.13. The van der Waals surface area contributed by atoms with Gasteiger partial charge in [-0.25, -0.2) is 0 Å². The van der Waals surface area contributed by atoms with E-state index in [0.717, 1.165) is 23.8 Å². The zero-order valence-electron chi connectivity index (χ0n) is 14.0. The molecule has 120 valence electrons. The first-order chi connectivity index (χ1) is 11.2. The highest BCUT2D eigenvalue weighted by Crippen LogP contribution is 2.29. The van der Waals surface area contributed by atoms with Gasteiger partial charge in [0, 0.05) is 23.4 Å². The molecule has 1 aromatic heterocycles. The Balaban J connectivity index is 1.54. The molecule has 4 rings (SSSR count). The largest absolute Gasteiger partial charge is 0.456 e. The summed E-state index contributed by atoms with van der Waals surface area (Å²) in [5.41, 5.74) is 3.35. The Kier molecular flexibility index (Phi) is 3.83. The maximum atomic E-state index is 5.92. The highest BCUT2D eigenvalue weighted by molar-refractivity contribution is 6.04. The number of piperidine rings is 1. The van der Waals surface area contributed by atoms with E-state index < -0.39 is 0 Å². The fourth-order valence-corrected chi connectivity index (χ4v) is 3.72. The van der Waals surface area contributed by atoms with Crippen molar-refractivity contribution in [2.24, 2.45) is 0 Å². The van der Waals surface area contributed by atoms with Crippen LogP contribution < -0.4 is 0 Å². The van der Waals surface area contributed by atoms with E-state index in [1.54, 1.807) is 0 Å². The predicted octanol–water partition coefficient (Wildman–Crippen LogP) is 4.11. The lowest BCUT2D eigenvalue weighted by atomic mass is 10.0. The van der Waals surface area contributed by atoms with E-state index >= 15 is 0 Å². The van der Waals surface area contributed by atoms with E-state index in [0.29, 0.717) is 0 Å². The molecule has 0 aliphatic carbocycles. The molecular formula is C20H24N2O. The quantitative estimate of drug-likeness (QED) is 0.726. The van der Waals surface area contributed by atoms with Crippen molar-refractivity contribution in [3.05, 3.63) is 48.0 Å². The van der Waals surface area contributed by atoms with Crippen molar-refractivity contribution >= 4 is 21.9 Å². The number of hydrogen-bond acceptors (Lipinski definition) is 3. The highest BCUT2D eigenvalue weighted by Gasteiger charge is 2.20. The Morgan fingerprint density at radius 2 is 1.74 bits per heavy atom. The van der Waals surface area contributed by atoms with E-state index in [2.05, 4.69) is 54.2 Å². The summed E-state index contributed by atoms with van der Waals surface area (Å²) in [5.74, 6) is 0. The van der Waals surface area contributed by atoms with E-state index in [9.17, 15) is 0 Å². The lowest BCUT2D eigenvalue weighted by Crippen LogP contribution is -2.41. The second kappa shape index (κ2) is 5.99. The molecule has 3 nitrogen and oxygen atoms in total. The van der Waals surface area contributed by atoms with Crippen LogP contribution in [0.3, 0.4) is 0 Å². The number of fused-ring (bicyclic) bond motifs is 3. The molecule has 0 N–H and O–H groups in total. The lowest BCUT2D eigenvalue weighted by molar-refractivity contribution is 0.140. The van der Waals surface area contributed by atoms with Gasteiger partial charge in [0.25, 0.3) is 0 Å². The zero-order chi connectivity index (χ0) is 15.8. The van der Waals surface area contributed by atoms with Crippen LogP contribution in [0.1, 0.15) is 18.4 Å².